The van der Waals surface area contributed by atoms with Crippen LogP contribution in [0.15, 0.2) is 12.1 Å². The first-order valence-corrected chi connectivity index (χ1v) is 6.79. The van der Waals surface area contributed by atoms with E-state index >= 15 is 0 Å². The number of hydrogen-bond acceptors (Lipinski definition) is 3. The summed E-state index contributed by atoms with van der Waals surface area (Å²) >= 11 is 6.01. The molecule has 1 aromatic rings. The summed E-state index contributed by atoms with van der Waals surface area (Å²) in [6.45, 7) is 5.56. The molecule has 0 aromatic heterocycles. The van der Waals surface area contributed by atoms with Crippen molar-refractivity contribution in [3.05, 3.63) is 22.7 Å². The van der Waals surface area contributed by atoms with Crippen LogP contribution in [0.2, 0.25) is 5.02 Å². The van der Waals surface area contributed by atoms with Crippen molar-refractivity contribution in [3.8, 4) is 5.75 Å². The Bertz CT molecular complexity index is 480. The molecule has 0 bridgehead atoms. The molecule has 112 valence electrons. The number of anilines is 1. The fourth-order valence-electron chi connectivity index (χ4n) is 1.60. The Kier molecular flexibility index (Phi) is 6.10. The molecule has 0 aliphatic carbocycles. The highest BCUT2D eigenvalue weighted by molar-refractivity contribution is 6.31. The molecular formula is C14H21ClN2O3. The van der Waals surface area contributed by atoms with Gasteiger partial charge in [-0.15, -0.1) is 0 Å². The van der Waals surface area contributed by atoms with Gasteiger partial charge in [0.15, 0.2) is 0 Å². The summed E-state index contributed by atoms with van der Waals surface area (Å²) in [5.74, 6) is 0.480. The smallest absolute Gasteiger partial charge is 0.319 e. The molecule has 2 atom stereocenters. The van der Waals surface area contributed by atoms with Crippen LogP contribution in [-0.4, -0.2) is 30.9 Å². The highest BCUT2D eigenvalue weighted by Crippen LogP contribution is 2.30. The molecule has 6 heteroatoms. The third kappa shape index (κ3) is 4.28. The standard InChI is InChI=1S/C14H21ClN2O3/c1-8-5-12(13(20-4)6-11(8)15)17-14(19)16-10(3)9(2)7-18/h5-6,9-10,18H,7H2,1-4H3,(H2,16,17,19). The van der Waals surface area contributed by atoms with Gasteiger partial charge in [-0.1, -0.05) is 18.5 Å². The molecule has 0 radical (unpaired) electrons. The van der Waals surface area contributed by atoms with Crippen molar-refractivity contribution < 1.29 is 14.6 Å². The summed E-state index contributed by atoms with van der Waals surface area (Å²) in [6.07, 6.45) is 0. The van der Waals surface area contributed by atoms with E-state index in [1.54, 1.807) is 12.1 Å². The molecule has 3 N–H and O–H groups in total. The second-order valence-electron chi connectivity index (χ2n) is 4.85. The third-order valence-electron chi connectivity index (χ3n) is 3.23. The second kappa shape index (κ2) is 7.36. The Morgan fingerprint density at radius 3 is 2.65 bits per heavy atom. The lowest BCUT2D eigenvalue weighted by molar-refractivity contribution is 0.204. The van der Waals surface area contributed by atoms with Crippen molar-refractivity contribution in [3.63, 3.8) is 0 Å². The number of ether oxygens (including phenoxy) is 1. The average Bonchev–Trinajstić information content (AvgIpc) is 2.41. The van der Waals surface area contributed by atoms with E-state index in [1.165, 1.54) is 7.11 Å². The number of nitrogens with one attached hydrogen (secondary N) is 2. The molecule has 2 amide bonds. The van der Waals surface area contributed by atoms with Gasteiger partial charge in [-0.05, 0) is 31.4 Å². The Balaban J connectivity index is 2.78. The second-order valence-corrected chi connectivity index (χ2v) is 5.26. The average molecular weight is 301 g/mol. The van der Waals surface area contributed by atoms with Gasteiger partial charge in [-0.25, -0.2) is 4.79 Å². The first kappa shape index (κ1) is 16.6. The van der Waals surface area contributed by atoms with Crippen LogP contribution in [-0.2, 0) is 0 Å². The van der Waals surface area contributed by atoms with Gasteiger partial charge in [-0.2, -0.15) is 0 Å². The fraction of sp³-hybridized carbons (Fsp3) is 0.500. The van der Waals surface area contributed by atoms with Crippen LogP contribution in [0.25, 0.3) is 0 Å². The van der Waals surface area contributed by atoms with Crippen molar-refractivity contribution in [2.75, 3.05) is 19.0 Å². The quantitative estimate of drug-likeness (QED) is 0.783. The largest absolute Gasteiger partial charge is 0.495 e. The summed E-state index contributed by atoms with van der Waals surface area (Å²) in [4.78, 5) is 11.9. The van der Waals surface area contributed by atoms with Crippen molar-refractivity contribution in [1.82, 2.24) is 5.32 Å². The predicted molar refractivity (Wildman–Crippen MR) is 80.6 cm³/mol. The van der Waals surface area contributed by atoms with Gasteiger partial charge < -0.3 is 20.5 Å². The van der Waals surface area contributed by atoms with Crippen molar-refractivity contribution >= 4 is 23.3 Å². The molecule has 0 spiro atoms. The zero-order chi connectivity index (χ0) is 15.3. The summed E-state index contributed by atoms with van der Waals surface area (Å²) in [5.41, 5.74) is 1.40. The number of amides is 2. The highest BCUT2D eigenvalue weighted by atomic mass is 35.5. The minimum atomic E-state index is -0.349. The number of aliphatic hydroxyl groups excluding tert-OH is 1. The monoisotopic (exact) mass is 300 g/mol. The molecule has 2 unspecified atom stereocenters. The zero-order valence-electron chi connectivity index (χ0n) is 12.2. The number of carbonyl (C=O) groups excluding carboxylic acids is 1. The van der Waals surface area contributed by atoms with E-state index in [4.69, 9.17) is 21.4 Å². The number of halogens is 1. The van der Waals surface area contributed by atoms with E-state index in [0.29, 0.717) is 16.5 Å². The Morgan fingerprint density at radius 2 is 2.10 bits per heavy atom. The molecule has 0 aliphatic rings. The molecule has 0 aliphatic heterocycles. The Morgan fingerprint density at radius 1 is 1.45 bits per heavy atom. The summed E-state index contributed by atoms with van der Waals surface area (Å²) < 4.78 is 5.19. The van der Waals surface area contributed by atoms with Gasteiger partial charge in [0, 0.05) is 23.7 Å². The molecular weight excluding hydrogens is 280 g/mol. The Hall–Kier alpha value is -1.46. The van der Waals surface area contributed by atoms with Crippen molar-refractivity contribution in [1.29, 1.82) is 0 Å². The first-order valence-electron chi connectivity index (χ1n) is 6.41. The van der Waals surface area contributed by atoms with Crippen LogP contribution in [0.1, 0.15) is 19.4 Å². The number of benzene rings is 1. The number of hydrogen-bond donors (Lipinski definition) is 3. The molecule has 1 aromatic carbocycles. The fourth-order valence-corrected chi connectivity index (χ4v) is 1.75. The maximum atomic E-state index is 11.9. The zero-order valence-corrected chi connectivity index (χ0v) is 12.9. The highest BCUT2D eigenvalue weighted by Gasteiger charge is 2.15. The third-order valence-corrected chi connectivity index (χ3v) is 3.64. The van der Waals surface area contributed by atoms with Crippen LogP contribution >= 0.6 is 11.6 Å². The molecule has 0 saturated carbocycles. The van der Waals surface area contributed by atoms with Gasteiger partial charge in [0.2, 0.25) is 0 Å². The van der Waals surface area contributed by atoms with E-state index in [-0.39, 0.29) is 24.6 Å². The van der Waals surface area contributed by atoms with E-state index in [0.717, 1.165) is 5.56 Å². The minimum absolute atomic E-state index is 0.0187. The van der Waals surface area contributed by atoms with Crippen molar-refractivity contribution in [2.45, 2.75) is 26.8 Å². The molecule has 0 fully saturated rings. The van der Waals surface area contributed by atoms with Gasteiger partial charge in [0.05, 0.1) is 12.8 Å². The topological polar surface area (TPSA) is 70.6 Å². The number of methoxy groups -OCH3 is 1. The van der Waals surface area contributed by atoms with E-state index < -0.39 is 0 Å². The number of aryl methyl sites for hydroxylation is 1. The van der Waals surface area contributed by atoms with Crippen LogP contribution < -0.4 is 15.4 Å². The molecule has 1 rings (SSSR count). The number of aliphatic hydroxyl groups is 1. The maximum Gasteiger partial charge on any atom is 0.319 e. The Labute approximate surface area is 124 Å². The number of rotatable bonds is 5. The lowest BCUT2D eigenvalue weighted by Crippen LogP contribution is -2.40. The molecule has 5 nitrogen and oxygen atoms in total. The number of carbonyl (C=O) groups is 1. The van der Waals surface area contributed by atoms with Gasteiger partial charge in [0.1, 0.15) is 5.75 Å². The van der Waals surface area contributed by atoms with E-state index in [1.807, 2.05) is 20.8 Å². The lowest BCUT2D eigenvalue weighted by atomic mass is 10.1. The van der Waals surface area contributed by atoms with Crippen LogP contribution in [0.4, 0.5) is 10.5 Å². The lowest BCUT2D eigenvalue weighted by Gasteiger charge is -2.20. The molecule has 20 heavy (non-hydrogen) atoms. The van der Waals surface area contributed by atoms with Crippen LogP contribution in [0.5, 0.6) is 5.75 Å². The van der Waals surface area contributed by atoms with Crippen LogP contribution in [0, 0.1) is 12.8 Å². The molecule has 0 heterocycles. The predicted octanol–water partition coefficient (Wildman–Crippen LogP) is 2.80. The number of urea groups is 1. The van der Waals surface area contributed by atoms with E-state index in [9.17, 15) is 4.79 Å². The van der Waals surface area contributed by atoms with Gasteiger partial charge in [0.25, 0.3) is 0 Å². The van der Waals surface area contributed by atoms with Gasteiger partial charge in [-0.3, -0.25) is 0 Å². The molecule has 0 saturated heterocycles. The normalized spacial score (nSPS) is 13.5. The SMILES string of the molecule is COc1cc(Cl)c(C)cc1NC(=O)NC(C)C(C)CO. The summed E-state index contributed by atoms with van der Waals surface area (Å²) in [7, 11) is 1.51. The summed E-state index contributed by atoms with van der Waals surface area (Å²) in [6, 6.07) is 2.92. The van der Waals surface area contributed by atoms with Gasteiger partial charge >= 0.3 is 6.03 Å². The minimum Gasteiger partial charge on any atom is -0.495 e. The summed E-state index contributed by atoms with van der Waals surface area (Å²) in [5, 5.41) is 15.1. The first-order chi connectivity index (χ1) is 9.38. The van der Waals surface area contributed by atoms with Crippen molar-refractivity contribution in [2.24, 2.45) is 5.92 Å². The van der Waals surface area contributed by atoms with Crippen LogP contribution in [0.3, 0.4) is 0 Å². The van der Waals surface area contributed by atoms with E-state index in [2.05, 4.69) is 10.6 Å². The maximum absolute atomic E-state index is 11.9.